The van der Waals surface area contributed by atoms with Crippen LogP contribution in [0.3, 0.4) is 0 Å². The number of amides is 4. The summed E-state index contributed by atoms with van der Waals surface area (Å²) in [5, 5.41) is 23.1. The number of carboxylic acid groups (broad SMARTS) is 1. The molecule has 9 rings (SSSR count). The highest BCUT2D eigenvalue weighted by molar-refractivity contribution is 6.35. The van der Waals surface area contributed by atoms with Gasteiger partial charge in [0.1, 0.15) is 47.0 Å². The maximum atomic E-state index is 15.1. The zero-order valence-corrected chi connectivity index (χ0v) is 39.3. The van der Waals surface area contributed by atoms with Crippen LogP contribution in [0.25, 0.3) is 43.8 Å². The molecular weight excluding hydrogens is 912 g/mol. The highest BCUT2D eigenvalue weighted by atomic mass is 35.5. The van der Waals surface area contributed by atoms with Crippen molar-refractivity contribution in [2.75, 3.05) is 39.3 Å². The second-order valence-electron chi connectivity index (χ2n) is 17.6. The normalized spacial score (nSPS) is 15.6. The summed E-state index contributed by atoms with van der Waals surface area (Å²) in [6.45, 7) is 8.13. The second-order valence-corrected chi connectivity index (χ2v) is 18.0. The Bertz CT molecular complexity index is 3240. The monoisotopic (exact) mass is 961 g/mol. The highest BCUT2D eigenvalue weighted by Gasteiger charge is 2.32. The van der Waals surface area contributed by atoms with Crippen LogP contribution in [-0.4, -0.2) is 114 Å². The number of aryl methyl sites for hydroxylation is 4. The smallest absolute Gasteiger partial charge is 0.352 e. The Morgan fingerprint density at radius 3 is 2.42 bits per heavy atom. The maximum absolute atomic E-state index is 15.1. The largest absolute Gasteiger partial charge is 0.493 e. The van der Waals surface area contributed by atoms with Gasteiger partial charge in [-0.05, 0) is 93.4 Å². The quantitative estimate of drug-likeness (QED) is 0.0804. The van der Waals surface area contributed by atoms with Crippen molar-refractivity contribution in [1.29, 1.82) is 0 Å². The van der Waals surface area contributed by atoms with Crippen LogP contribution >= 0.6 is 11.6 Å². The Morgan fingerprint density at radius 1 is 0.928 bits per heavy atom. The molecule has 2 fully saturated rings. The van der Waals surface area contributed by atoms with E-state index in [0.29, 0.717) is 90.7 Å². The van der Waals surface area contributed by atoms with Gasteiger partial charge < -0.3 is 29.2 Å². The van der Waals surface area contributed by atoms with Crippen LogP contribution < -0.4 is 15.4 Å². The van der Waals surface area contributed by atoms with Gasteiger partial charge in [-0.3, -0.25) is 34.1 Å². The molecule has 0 bridgehead atoms. The van der Waals surface area contributed by atoms with Crippen molar-refractivity contribution >= 4 is 73.9 Å². The van der Waals surface area contributed by atoms with Crippen LogP contribution in [0.2, 0.25) is 5.02 Å². The molecule has 4 aromatic carbocycles. The van der Waals surface area contributed by atoms with E-state index < -0.39 is 35.5 Å². The standard InChI is InChI=1S/C50H50ClF2N9O7/c1-27-43(28(2)58(4)57-27)44-37(51)13-12-35-34(8-6-22-69-40-9-5-7-30-23-31(52)10-11-33(30)40)47(50(67)68)61(46(35)44)21-18-59-16-19-60(20-17-59)42(64)26-62-29(3)54-45-36(24-32(53)25-39(45)62)48(65)55-38-14-15-41(63)56-49(38)66/h5,7,9-13,23-25,38H,6,8,14-22,26H2,1-4H3,(H,55,65)(H,67,68)(H,56,63,66). The van der Waals surface area contributed by atoms with E-state index in [4.69, 9.17) is 16.3 Å². The van der Waals surface area contributed by atoms with Crippen molar-refractivity contribution in [1.82, 2.24) is 44.3 Å². The minimum atomic E-state index is -1.08. The summed E-state index contributed by atoms with van der Waals surface area (Å²) in [5.41, 5.74) is 4.95. The molecule has 1 unspecified atom stereocenters. The number of piperidine rings is 1. The lowest BCUT2D eigenvalue weighted by Crippen LogP contribution is -2.52. The van der Waals surface area contributed by atoms with Crippen molar-refractivity contribution in [2.24, 2.45) is 7.05 Å². The molecule has 2 aliphatic rings. The van der Waals surface area contributed by atoms with Gasteiger partial charge >= 0.3 is 5.97 Å². The van der Waals surface area contributed by atoms with Gasteiger partial charge in [0.25, 0.3) is 5.91 Å². The van der Waals surface area contributed by atoms with E-state index in [9.17, 15) is 33.5 Å². The number of benzene rings is 4. The summed E-state index contributed by atoms with van der Waals surface area (Å²) in [5.74, 6) is -3.19. The lowest BCUT2D eigenvalue weighted by Gasteiger charge is -2.35. The van der Waals surface area contributed by atoms with Crippen LogP contribution in [0.4, 0.5) is 8.78 Å². The van der Waals surface area contributed by atoms with Gasteiger partial charge in [0.15, 0.2) is 0 Å². The van der Waals surface area contributed by atoms with Crippen LogP contribution in [0.15, 0.2) is 60.7 Å². The van der Waals surface area contributed by atoms with Crippen LogP contribution in [0.1, 0.15) is 62.9 Å². The predicted octanol–water partition coefficient (Wildman–Crippen LogP) is 6.49. The number of carboxylic acids is 1. The zero-order valence-electron chi connectivity index (χ0n) is 38.5. The fourth-order valence-electron chi connectivity index (χ4n) is 9.81. The Hall–Kier alpha value is -7.18. The molecule has 7 aromatic rings. The SMILES string of the molecule is Cc1nn(C)c(C)c1-c1c(Cl)ccc2c(CCCOc3cccc4cc(F)ccc34)c(C(=O)O)n(CCN3CCN(C(=O)Cn4c(C)nc5c(C(=O)NC6CCC(=O)NC6=O)cc(F)cc54)CC3)c12. The molecule has 0 spiro atoms. The molecule has 3 N–H and O–H groups in total. The predicted molar refractivity (Wildman–Crippen MR) is 254 cm³/mol. The average Bonchev–Trinajstić information content (AvgIpc) is 3.90. The summed E-state index contributed by atoms with van der Waals surface area (Å²) >= 11 is 7.06. The third-order valence-electron chi connectivity index (χ3n) is 13.3. The van der Waals surface area contributed by atoms with Gasteiger partial charge in [0.05, 0.1) is 33.9 Å². The molecule has 5 heterocycles. The maximum Gasteiger partial charge on any atom is 0.352 e. The number of imide groups is 1. The Kier molecular flexibility index (Phi) is 13.0. The number of piperazine rings is 1. The van der Waals surface area contributed by atoms with E-state index in [2.05, 4.69) is 25.6 Å². The van der Waals surface area contributed by atoms with Crippen molar-refractivity contribution < 1.29 is 42.6 Å². The number of ether oxygens (including phenoxy) is 1. The van der Waals surface area contributed by atoms with E-state index in [1.165, 1.54) is 18.2 Å². The van der Waals surface area contributed by atoms with Crippen molar-refractivity contribution in [3.63, 3.8) is 0 Å². The topological polar surface area (TPSA) is 186 Å². The molecule has 2 saturated heterocycles. The van der Waals surface area contributed by atoms with Gasteiger partial charge in [-0.15, -0.1) is 0 Å². The number of fused-ring (bicyclic) bond motifs is 3. The minimum absolute atomic E-state index is 0.0525. The zero-order chi connectivity index (χ0) is 48.8. The number of hydrogen-bond donors (Lipinski definition) is 3. The number of rotatable bonds is 14. The number of nitrogens with one attached hydrogen (secondary N) is 2. The van der Waals surface area contributed by atoms with Gasteiger partial charge in [-0.2, -0.15) is 5.10 Å². The number of aromatic carboxylic acids is 1. The first kappa shape index (κ1) is 46.9. The molecule has 1 atom stereocenters. The number of carbonyl (C=O) groups is 5. The fourth-order valence-corrected chi connectivity index (χ4v) is 10.1. The lowest BCUT2D eigenvalue weighted by atomic mass is 9.98. The lowest BCUT2D eigenvalue weighted by molar-refractivity contribution is -0.135. The van der Waals surface area contributed by atoms with Gasteiger partial charge in [-0.1, -0.05) is 29.8 Å². The van der Waals surface area contributed by atoms with Crippen LogP contribution in [0.5, 0.6) is 5.75 Å². The second kappa shape index (κ2) is 19.1. The number of hydrogen-bond acceptors (Lipinski definition) is 9. The number of nitrogens with zero attached hydrogens (tertiary/aromatic N) is 7. The average molecular weight is 962 g/mol. The molecule has 16 nitrogen and oxygen atoms in total. The van der Waals surface area contributed by atoms with E-state index in [-0.39, 0.29) is 60.0 Å². The molecule has 0 saturated carbocycles. The summed E-state index contributed by atoms with van der Waals surface area (Å²) < 4.78 is 40.4. The summed E-state index contributed by atoms with van der Waals surface area (Å²) in [4.78, 5) is 73.0. The van der Waals surface area contributed by atoms with Crippen LogP contribution in [-0.2, 0) is 40.9 Å². The van der Waals surface area contributed by atoms with Crippen molar-refractivity contribution in [3.05, 3.63) is 111 Å². The molecule has 69 heavy (non-hydrogen) atoms. The number of carbonyl (C=O) groups excluding carboxylic acids is 4. The summed E-state index contributed by atoms with van der Waals surface area (Å²) in [6, 6.07) is 14.9. The molecule has 19 heteroatoms. The Labute approximate surface area is 399 Å². The van der Waals surface area contributed by atoms with Crippen molar-refractivity contribution in [2.45, 2.75) is 65.6 Å². The summed E-state index contributed by atoms with van der Waals surface area (Å²) in [7, 11) is 1.85. The molecule has 0 aliphatic carbocycles. The Morgan fingerprint density at radius 2 is 1.70 bits per heavy atom. The first-order valence-electron chi connectivity index (χ1n) is 22.8. The van der Waals surface area contributed by atoms with Gasteiger partial charge in [-0.25, -0.2) is 18.6 Å². The minimum Gasteiger partial charge on any atom is -0.493 e. The summed E-state index contributed by atoms with van der Waals surface area (Å²) in [6.07, 6.45) is 1.03. The van der Waals surface area contributed by atoms with E-state index in [1.54, 1.807) is 39.3 Å². The van der Waals surface area contributed by atoms with Crippen LogP contribution in [0, 0.1) is 32.4 Å². The van der Waals surface area contributed by atoms with E-state index >= 15 is 4.39 Å². The van der Waals surface area contributed by atoms with Gasteiger partial charge in [0, 0.05) is 80.3 Å². The third-order valence-corrected chi connectivity index (χ3v) is 13.6. The number of imidazole rings is 1. The first-order chi connectivity index (χ1) is 33.1. The van der Waals surface area contributed by atoms with E-state index in [1.807, 2.05) is 43.7 Å². The molecule has 2 aliphatic heterocycles. The number of halogens is 3. The molecule has 3 aromatic heterocycles. The fraction of sp³-hybridized carbons (Fsp3) is 0.340. The molecular formula is C50H50ClF2N9O7. The molecule has 0 radical (unpaired) electrons. The third kappa shape index (κ3) is 9.13. The number of aromatic nitrogens is 5. The molecule has 4 amide bonds. The Balaban J connectivity index is 0.924. The van der Waals surface area contributed by atoms with Gasteiger partial charge in [0.2, 0.25) is 17.7 Å². The first-order valence-corrected chi connectivity index (χ1v) is 23.1. The molecule has 358 valence electrons. The highest BCUT2D eigenvalue weighted by Crippen LogP contribution is 2.42. The van der Waals surface area contributed by atoms with E-state index in [0.717, 1.165) is 33.8 Å². The van der Waals surface area contributed by atoms with Crippen molar-refractivity contribution in [3.8, 4) is 16.9 Å².